The molecule has 4 aromatic rings. The molecule has 156 valence electrons. The number of aryl methyl sites for hydroxylation is 1. The van der Waals surface area contributed by atoms with Crippen LogP contribution < -0.4 is 10.5 Å². The van der Waals surface area contributed by atoms with Crippen LogP contribution in [0.3, 0.4) is 0 Å². The minimum absolute atomic E-state index is 0.275. The zero-order valence-corrected chi connectivity index (χ0v) is 17.2. The van der Waals surface area contributed by atoms with Gasteiger partial charge in [-0.3, -0.25) is 4.68 Å². The standard InChI is InChI=1S/C23H21FN6O/c1-3-30-22-15(11-29-30)6-14-9-26-12-28-21(14)18-5-4-17(24)8-19(18)13(2)31-20-7-16(22)10-27-23(20)25/h4-5,7-13H,3,6H2,1-2H3,(H2,25,27). The summed E-state index contributed by atoms with van der Waals surface area (Å²) in [5, 5.41) is 4.55. The van der Waals surface area contributed by atoms with Crippen LogP contribution in [0.2, 0.25) is 0 Å². The average Bonchev–Trinajstić information content (AvgIpc) is 3.17. The highest BCUT2D eigenvalue weighted by molar-refractivity contribution is 5.71. The molecule has 1 unspecified atom stereocenters. The zero-order chi connectivity index (χ0) is 21.5. The van der Waals surface area contributed by atoms with Crippen molar-refractivity contribution in [2.45, 2.75) is 32.9 Å². The molecule has 0 spiro atoms. The van der Waals surface area contributed by atoms with Gasteiger partial charge in [-0.2, -0.15) is 5.10 Å². The summed E-state index contributed by atoms with van der Waals surface area (Å²) in [6.45, 7) is 4.60. The molecule has 1 atom stereocenters. The van der Waals surface area contributed by atoms with E-state index < -0.39 is 6.10 Å². The maximum absolute atomic E-state index is 14.2. The molecule has 1 aliphatic heterocycles. The first kappa shape index (κ1) is 19.2. The summed E-state index contributed by atoms with van der Waals surface area (Å²) in [5.74, 6) is 0.374. The molecule has 4 heterocycles. The van der Waals surface area contributed by atoms with E-state index in [0.717, 1.165) is 33.6 Å². The summed E-state index contributed by atoms with van der Waals surface area (Å²) in [7, 11) is 0. The Morgan fingerprint density at radius 2 is 2.03 bits per heavy atom. The second-order valence-electron chi connectivity index (χ2n) is 7.51. The largest absolute Gasteiger partial charge is 0.482 e. The lowest BCUT2D eigenvalue weighted by Gasteiger charge is -2.21. The van der Waals surface area contributed by atoms with Gasteiger partial charge in [0.1, 0.15) is 18.2 Å². The minimum Gasteiger partial charge on any atom is -0.482 e. The SMILES string of the molecule is CCn1ncc2c1-c1cnc(N)c(c1)OC(C)c1cc(F)ccc1-c1ncncc1C2. The number of aromatic nitrogens is 5. The molecule has 0 saturated heterocycles. The van der Waals surface area contributed by atoms with Gasteiger partial charge in [-0.15, -0.1) is 0 Å². The van der Waals surface area contributed by atoms with E-state index in [-0.39, 0.29) is 11.6 Å². The summed E-state index contributed by atoms with van der Waals surface area (Å²) in [4.78, 5) is 13.1. The number of fused-ring (bicyclic) bond motifs is 7. The first-order chi connectivity index (χ1) is 15.0. The van der Waals surface area contributed by atoms with Crippen molar-refractivity contribution in [1.29, 1.82) is 0 Å². The Bertz CT molecular complexity index is 1290. The number of pyridine rings is 1. The fourth-order valence-electron chi connectivity index (χ4n) is 4.08. The quantitative estimate of drug-likeness (QED) is 0.500. The monoisotopic (exact) mass is 416 g/mol. The third-order valence-corrected chi connectivity index (χ3v) is 5.55. The van der Waals surface area contributed by atoms with Crippen LogP contribution in [-0.2, 0) is 13.0 Å². The van der Waals surface area contributed by atoms with Crippen LogP contribution >= 0.6 is 0 Å². The fraction of sp³-hybridized carbons (Fsp3) is 0.217. The minimum atomic E-state index is -0.483. The summed E-state index contributed by atoms with van der Waals surface area (Å²) >= 11 is 0. The van der Waals surface area contributed by atoms with Crippen molar-refractivity contribution in [2.75, 3.05) is 5.73 Å². The summed E-state index contributed by atoms with van der Waals surface area (Å²) in [6, 6.07) is 6.51. The van der Waals surface area contributed by atoms with Crippen LogP contribution in [-0.4, -0.2) is 24.7 Å². The van der Waals surface area contributed by atoms with Gasteiger partial charge in [0.2, 0.25) is 0 Å². The van der Waals surface area contributed by atoms with Crippen LogP contribution in [0.25, 0.3) is 22.5 Å². The van der Waals surface area contributed by atoms with Crippen molar-refractivity contribution in [3.05, 3.63) is 71.7 Å². The van der Waals surface area contributed by atoms with Crippen molar-refractivity contribution in [2.24, 2.45) is 0 Å². The van der Waals surface area contributed by atoms with Crippen molar-refractivity contribution >= 4 is 5.82 Å². The van der Waals surface area contributed by atoms with Crippen LogP contribution in [0.15, 0.2) is 49.2 Å². The van der Waals surface area contributed by atoms with E-state index in [9.17, 15) is 4.39 Å². The Labute approximate surface area is 178 Å². The average molecular weight is 416 g/mol. The van der Waals surface area contributed by atoms with Gasteiger partial charge in [0, 0.05) is 53.2 Å². The molecule has 1 aliphatic rings. The highest BCUT2D eigenvalue weighted by atomic mass is 19.1. The van der Waals surface area contributed by atoms with Crippen LogP contribution in [0.4, 0.5) is 10.2 Å². The van der Waals surface area contributed by atoms with E-state index in [4.69, 9.17) is 10.5 Å². The molecular formula is C23H21FN6O. The highest BCUT2D eigenvalue weighted by Gasteiger charge is 2.23. The third-order valence-electron chi connectivity index (χ3n) is 5.55. The predicted octanol–water partition coefficient (Wildman–Crippen LogP) is 4.19. The molecule has 0 amide bonds. The first-order valence-electron chi connectivity index (χ1n) is 10.1. The second-order valence-corrected chi connectivity index (χ2v) is 7.51. The topological polar surface area (TPSA) is 91.7 Å². The smallest absolute Gasteiger partial charge is 0.166 e. The van der Waals surface area contributed by atoms with Crippen molar-refractivity contribution in [3.63, 3.8) is 0 Å². The zero-order valence-electron chi connectivity index (χ0n) is 17.2. The first-order valence-corrected chi connectivity index (χ1v) is 10.1. The number of benzene rings is 1. The van der Waals surface area contributed by atoms with Crippen LogP contribution in [0.5, 0.6) is 5.75 Å². The van der Waals surface area contributed by atoms with Crippen LogP contribution in [0.1, 0.15) is 36.6 Å². The number of halogens is 1. The Hall–Kier alpha value is -3.81. The molecule has 8 heteroatoms. The van der Waals surface area contributed by atoms with Gasteiger partial charge in [0.15, 0.2) is 11.6 Å². The van der Waals surface area contributed by atoms with E-state index in [1.165, 1.54) is 18.5 Å². The Kier molecular flexibility index (Phi) is 4.62. The molecule has 2 bridgehead atoms. The van der Waals surface area contributed by atoms with E-state index in [2.05, 4.69) is 20.1 Å². The van der Waals surface area contributed by atoms with Gasteiger partial charge < -0.3 is 10.5 Å². The molecule has 3 aromatic heterocycles. The summed E-state index contributed by atoms with van der Waals surface area (Å²) < 4.78 is 22.3. The van der Waals surface area contributed by atoms with Crippen molar-refractivity contribution in [3.8, 4) is 28.3 Å². The van der Waals surface area contributed by atoms with Gasteiger partial charge in [-0.1, -0.05) is 0 Å². The maximum Gasteiger partial charge on any atom is 0.166 e. The van der Waals surface area contributed by atoms with Crippen molar-refractivity contribution < 1.29 is 9.13 Å². The highest BCUT2D eigenvalue weighted by Crippen LogP contribution is 2.38. The van der Waals surface area contributed by atoms with E-state index in [1.807, 2.05) is 30.8 Å². The number of ether oxygens (including phenoxy) is 1. The van der Waals surface area contributed by atoms with E-state index >= 15 is 0 Å². The number of nitrogens with two attached hydrogens (primary N) is 1. The van der Waals surface area contributed by atoms with Gasteiger partial charge >= 0.3 is 0 Å². The lowest BCUT2D eigenvalue weighted by Crippen LogP contribution is -2.10. The van der Waals surface area contributed by atoms with E-state index in [0.29, 0.717) is 24.3 Å². The molecule has 0 fully saturated rings. The third kappa shape index (κ3) is 3.30. The Morgan fingerprint density at radius 1 is 1.16 bits per heavy atom. The normalized spacial score (nSPS) is 15.0. The second kappa shape index (κ2) is 7.46. The number of hydrogen-bond donors (Lipinski definition) is 1. The maximum atomic E-state index is 14.2. The molecule has 7 nitrogen and oxygen atoms in total. The molecule has 0 aliphatic carbocycles. The number of hydrogen-bond acceptors (Lipinski definition) is 6. The molecule has 0 radical (unpaired) electrons. The van der Waals surface area contributed by atoms with E-state index in [1.54, 1.807) is 18.5 Å². The van der Waals surface area contributed by atoms with Gasteiger partial charge in [0.05, 0.1) is 17.6 Å². The molecule has 5 rings (SSSR count). The van der Waals surface area contributed by atoms with Crippen molar-refractivity contribution in [1.82, 2.24) is 24.7 Å². The Balaban J connectivity index is 1.81. The lowest BCUT2D eigenvalue weighted by molar-refractivity contribution is 0.227. The Morgan fingerprint density at radius 3 is 2.87 bits per heavy atom. The molecular weight excluding hydrogens is 395 g/mol. The molecule has 1 aromatic carbocycles. The van der Waals surface area contributed by atoms with Gasteiger partial charge in [0.25, 0.3) is 0 Å². The number of anilines is 1. The number of nitrogens with zero attached hydrogens (tertiary/aromatic N) is 5. The molecule has 2 N–H and O–H groups in total. The molecule has 0 saturated carbocycles. The fourth-order valence-corrected chi connectivity index (χ4v) is 4.08. The van der Waals surface area contributed by atoms with Gasteiger partial charge in [-0.05, 0) is 38.1 Å². The summed E-state index contributed by atoms with van der Waals surface area (Å²) in [6.07, 6.45) is 6.96. The van der Waals surface area contributed by atoms with Gasteiger partial charge in [-0.25, -0.2) is 19.3 Å². The predicted molar refractivity (Wildman–Crippen MR) is 115 cm³/mol. The number of nitrogen functional groups attached to an aromatic ring is 1. The summed E-state index contributed by atoms with van der Waals surface area (Å²) in [5.41, 5.74) is 12.0. The number of rotatable bonds is 1. The van der Waals surface area contributed by atoms with Crippen LogP contribution in [0, 0.1) is 5.82 Å². The molecule has 31 heavy (non-hydrogen) atoms. The lowest BCUT2D eigenvalue weighted by atomic mass is 9.94.